The summed E-state index contributed by atoms with van der Waals surface area (Å²) in [5.41, 5.74) is 1.31. The standard InChI is InChI=1S/C21H19Cl2N3O6S/c22-15-3-12(4-16(23)5-15)11-31-21(28)25-7-13-9-26(10-14(13)8-25)33(29,30)17-1-2-18-19(6-17)32-20(27)24-18/h1-6,13-14H,7-11H2,(H,24,27). The highest BCUT2D eigenvalue weighted by Crippen LogP contribution is 2.35. The number of fused-ring (bicyclic) bond motifs is 2. The van der Waals surface area contributed by atoms with Crippen molar-refractivity contribution in [3.8, 4) is 0 Å². The van der Waals surface area contributed by atoms with E-state index < -0.39 is 21.9 Å². The number of amides is 1. The number of nitrogens with one attached hydrogen (secondary N) is 1. The van der Waals surface area contributed by atoms with E-state index >= 15 is 0 Å². The summed E-state index contributed by atoms with van der Waals surface area (Å²) in [7, 11) is -3.76. The molecule has 5 rings (SSSR count). The van der Waals surface area contributed by atoms with Crippen LogP contribution in [0.15, 0.2) is 50.5 Å². The van der Waals surface area contributed by atoms with E-state index in [1.54, 1.807) is 23.1 Å². The third-order valence-electron chi connectivity index (χ3n) is 6.03. The number of aromatic amines is 1. The average Bonchev–Trinajstić information content (AvgIpc) is 3.42. The van der Waals surface area contributed by atoms with Crippen LogP contribution in [0.1, 0.15) is 5.56 Å². The van der Waals surface area contributed by atoms with Crippen LogP contribution in [-0.4, -0.2) is 54.9 Å². The maximum Gasteiger partial charge on any atom is 0.417 e. The number of rotatable bonds is 4. The van der Waals surface area contributed by atoms with E-state index in [0.717, 1.165) is 0 Å². The topological polar surface area (TPSA) is 113 Å². The Kier molecular flexibility index (Phi) is 5.64. The fraction of sp³-hybridized carbons (Fsp3) is 0.333. The zero-order valence-electron chi connectivity index (χ0n) is 17.2. The number of oxazole rings is 1. The molecule has 12 heteroatoms. The first-order valence-corrected chi connectivity index (χ1v) is 12.4. The number of sulfonamides is 1. The highest BCUT2D eigenvalue weighted by Gasteiger charge is 2.45. The maximum absolute atomic E-state index is 13.1. The molecule has 2 atom stereocenters. The third-order valence-corrected chi connectivity index (χ3v) is 8.29. The van der Waals surface area contributed by atoms with Gasteiger partial charge in [-0.1, -0.05) is 23.2 Å². The Labute approximate surface area is 198 Å². The number of carbonyl (C=O) groups is 1. The van der Waals surface area contributed by atoms with Gasteiger partial charge in [0, 0.05) is 42.3 Å². The quantitative estimate of drug-likeness (QED) is 0.574. The van der Waals surface area contributed by atoms with Gasteiger partial charge in [0.25, 0.3) is 0 Å². The lowest BCUT2D eigenvalue weighted by Crippen LogP contribution is -2.35. The van der Waals surface area contributed by atoms with Crippen LogP contribution >= 0.6 is 23.2 Å². The second kappa shape index (κ2) is 8.35. The van der Waals surface area contributed by atoms with Crippen molar-refractivity contribution < 1.29 is 22.4 Å². The predicted molar refractivity (Wildman–Crippen MR) is 121 cm³/mol. The van der Waals surface area contributed by atoms with Crippen LogP contribution in [0.25, 0.3) is 11.1 Å². The molecule has 2 saturated heterocycles. The van der Waals surface area contributed by atoms with Crippen LogP contribution in [0.2, 0.25) is 10.0 Å². The first kappa shape index (κ1) is 22.3. The van der Waals surface area contributed by atoms with Crippen molar-refractivity contribution >= 4 is 50.4 Å². The minimum Gasteiger partial charge on any atom is -0.445 e. The van der Waals surface area contributed by atoms with Gasteiger partial charge in [-0.25, -0.2) is 18.0 Å². The Balaban J connectivity index is 1.21. The van der Waals surface area contributed by atoms with Gasteiger partial charge in [0.2, 0.25) is 10.0 Å². The lowest BCUT2D eigenvalue weighted by Gasteiger charge is -2.21. The van der Waals surface area contributed by atoms with Gasteiger partial charge in [-0.15, -0.1) is 0 Å². The molecule has 3 aromatic rings. The summed E-state index contributed by atoms with van der Waals surface area (Å²) >= 11 is 11.9. The van der Waals surface area contributed by atoms with E-state index in [-0.39, 0.29) is 28.9 Å². The largest absolute Gasteiger partial charge is 0.445 e. The number of likely N-dealkylation sites (tertiary alicyclic amines) is 1. The van der Waals surface area contributed by atoms with Gasteiger partial charge in [-0.3, -0.25) is 4.98 Å². The molecular formula is C21H19Cl2N3O6S. The molecule has 0 radical (unpaired) electrons. The lowest BCUT2D eigenvalue weighted by molar-refractivity contribution is 0.101. The lowest BCUT2D eigenvalue weighted by atomic mass is 10.0. The summed E-state index contributed by atoms with van der Waals surface area (Å²) in [5.74, 6) is -0.607. The summed E-state index contributed by atoms with van der Waals surface area (Å²) in [5, 5.41) is 0.923. The molecule has 1 amide bonds. The summed E-state index contributed by atoms with van der Waals surface area (Å²) in [6.07, 6.45) is -0.456. The molecule has 0 saturated carbocycles. The minimum absolute atomic E-state index is 0.0156. The van der Waals surface area contributed by atoms with E-state index in [1.165, 1.54) is 22.5 Å². The van der Waals surface area contributed by atoms with Gasteiger partial charge in [0.1, 0.15) is 6.61 Å². The van der Waals surface area contributed by atoms with E-state index in [2.05, 4.69) is 4.98 Å². The van der Waals surface area contributed by atoms with Crippen molar-refractivity contribution in [2.75, 3.05) is 26.2 Å². The molecule has 1 aromatic heterocycles. The normalized spacial score (nSPS) is 21.0. The summed E-state index contributed by atoms with van der Waals surface area (Å²) in [6.45, 7) is 1.48. The van der Waals surface area contributed by atoms with Crippen molar-refractivity contribution in [2.24, 2.45) is 11.8 Å². The molecule has 2 aliphatic rings. The average molecular weight is 512 g/mol. The molecule has 2 aromatic carbocycles. The van der Waals surface area contributed by atoms with E-state index in [4.69, 9.17) is 32.4 Å². The molecule has 2 unspecified atom stereocenters. The number of ether oxygens (including phenoxy) is 1. The second-order valence-electron chi connectivity index (χ2n) is 8.25. The van der Waals surface area contributed by atoms with Crippen molar-refractivity contribution in [3.63, 3.8) is 0 Å². The highest BCUT2D eigenvalue weighted by molar-refractivity contribution is 7.89. The molecule has 0 aliphatic carbocycles. The molecule has 0 spiro atoms. The van der Waals surface area contributed by atoms with E-state index in [9.17, 15) is 18.0 Å². The van der Waals surface area contributed by atoms with Gasteiger partial charge in [0.15, 0.2) is 5.58 Å². The molecule has 1 N–H and O–H groups in total. The molecular weight excluding hydrogens is 493 g/mol. The molecule has 2 aliphatic heterocycles. The monoisotopic (exact) mass is 511 g/mol. The van der Waals surface area contributed by atoms with Crippen LogP contribution in [0.4, 0.5) is 4.79 Å². The molecule has 3 heterocycles. The summed E-state index contributed by atoms with van der Waals surface area (Å²) in [6, 6.07) is 9.26. The van der Waals surface area contributed by atoms with E-state index in [1.807, 2.05) is 0 Å². The summed E-state index contributed by atoms with van der Waals surface area (Å²) < 4.78 is 38.0. The Morgan fingerprint density at radius 3 is 2.39 bits per heavy atom. The van der Waals surface area contributed by atoms with Gasteiger partial charge < -0.3 is 14.1 Å². The number of aromatic nitrogens is 1. The first-order chi connectivity index (χ1) is 15.7. The fourth-order valence-electron chi connectivity index (χ4n) is 4.46. The minimum atomic E-state index is -3.76. The maximum atomic E-state index is 13.1. The van der Waals surface area contributed by atoms with Crippen molar-refractivity contribution in [1.29, 1.82) is 0 Å². The number of halogens is 2. The highest BCUT2D eigenvalue weighted by atomic mass is 35.5. The molecule has 9 nitrogen and oxygen atoms in total. The van der Waals surface area contributed by atoms with Crippen LogP contribution < -0.4 is 5.76 Å². The number of nitrogens with zero attached hydrogens (tertiary/aromatic N) is 2. The summed E-state index contributed by atoms with van der Waals surface area (Å²) in [4.78, 5) is 28.0. The van der Waals surface area contributed by atoms with E-state index in [0.29, 0.717) is 47.3 Å². The van der Waals surface area contributed by atoms with Gasteiger partial charge in [-0.2, -0.15) is 4.31 Å². The SMILES string of the molecule is O=C(OCc1cc(Cl)cc(Cl)c1)N1CC2CN(S(=O)(=O)c3ccc4[nH]c(=O)oc4c3)CC2C1. The Morgan fingerprint density at radius 1 is 1.06 bits per heavy atom. The van der Waals surface area contributed by atoms with Crippen LogP contribution in [-0.2, 0) is 21.4 Å². The van der Waals surface area contributed by atoms with Gasteiger partial charge in [0.05, 0.1) is 10.4 Å². The number of H-pyrrole nitrogens is 1. The van der Waals surface area contributed by atoms with Crippen LogP contribution in [0, 0.1) is 11.8 Å². The Bertz CT molecular complexity index is 1370. The third kappa shape index (κ3) is 4.35. The zero-order chi connectivity index (χ0) is 23.3. The van der Waals surface area contributed by atoms with Crippen LogP contribution in [0.3, 0.4) is 0 Å². The zero-order valence-corrected chi connectivity index (χ0v) is 19.5. The first-order valence-electron chi connectivity index (χ1n) is 10.2. The Morgan fingerprint density at radius 2 is 1.73 bits per heavy atom. The second-order valence-corrected chi connectivity index (χ2v) is 11.1. The molecule has 0 bridgehead atoms. The number of benzene rings is 2. The van der Waals surface area contributed by atoms with Gasteiger partial charge >= 0.3 is 11.8 Å². The fourth-order valence-corrected chi connectivity index (χ4v) is 6.60. The van der Waals surface area contributed by atoms with Gasteiger partial charge in [-0.05, 0) is 47.7 Å². The Hall–Kier alpha value is -2.53. The van der Waals surface area contributed by atoms with Crippen molar-refractivity contribution in [1.82, 2.24) is 14.2 Å². The smallest absolute Gasteiger partial charge is 0.417 e. The van der Waals surface area contributed by atoms with Crippen LogP contribution in [0.5, 0.6) is 0 Å². The number of carbonyl (C=O) groups excluding carboxylic acids is 1. The van der Waals surface area contributed by atoms with Crippen molar-refractivity contribution in [3.05, 3.63) is 62.6 Å². The predicted octanol–water partition coefficient (Wildman–Crippen LogP) is 3.32. The van der Waals surface area contributed by atoms with Crippen molar-refractivity contribution in [2.45, 2.75) is 11.5 Å². The molecule has 174 valence electrons. The molecule has 2 fully saturated rings. The number of hydrogen-bond acceptors (Lipinski definition) is 6. The molecule has 33 heavy (non-hydrogen) atoms. The number of hydrogen-bond donors (Lipinski definition) is 1.